The van der Waals surface area contributed by atoms with E-state index < -0.39 is 0 Å². The van der Waals surface area contributed by atoms with Gasteiger partial charge in [0.1, 0.15) is 0 Å². The molecular weight excluding hydrogens is 458 g/mol. The lowest BCUT2D eigenvalue weighted by atomic mass is 9.98. The van der Waals surface area contributed by atoms with Crippen LogP contribution in [-0.4, -0.2) is 4.57 Å². The number of benzene rings is 6. The molecule has 0 bridgehead atoms. The second-order valence-electron chi connectivity index (χ2n) is 9.94. The first-order chi connectivity index (χ1) is 18.7. The van der Waals surface area contributed by atoms with E-state index in [1.165, 1.54) is 66.4 Å². The maximum absolute atomic E-state index is 2.38. The van der Waals surface area contributed by atoms with E-state index in [1.54, 1.807) is 0 Å². The zero-order chi connectivity index (χ0) is 25.5. The summed E-state index contributed by atoms with van der Waals surface area (Å²) in [4.78, 5) is 0. The van der Waals surface area contributed by atoms with Gasteiger partial charge in [0.15, 0.2) is 0 Å². The van der Waals surface area contributed by atoms with E-state index in [0.29, 0.717) is 0 Å². The lowest BCUT2D eigenvalue weighted by Crippen LogP contribution is -1.93. The third-order valence-corrected chi connectivity index (χ3v) is 7.51. The predicted octanol–water partition coefficient (Wildman–Crippen LogP) is 10.1. The largest absolute Gasteiger partial charge is 0.309 e. The van der Waals surface area contributed by atoms with Gasteiger partial charge >= 0.3 is 0 Å². The average Bonchev–Trinajstić information content (AvgIpc) is 3.32. The fourth-order valence-corrected chi connectivity index (χ4v) is 5.47. The summed E-state index contributed by atoms with van der Waals surface area (Å²) in [6.45, 7) is 2.12. The Hall–Kier alpha value is -4.88. The highest BCUT2D eigenvalue weighted by atomic mass is 15.0. The Labute approximate surface area is 223 Å². The van der Waals surface area contributed by atoms with Crippen molar-refractivity contribution in [2.24, 2.45) is 0 Å². The number of rotatable bonds is 4. The molecule has 1 heteroatoms. The molecule has 7 aromatic rings. The van der Waals surface area contributed by atoms with Crippen molar-refractivity contribution in [1.82, 2.24) is 4.57 Å². The van der Waals surface area contributed by atoms with E-state index in [1.807, 2.05) is 0 Å². The molecule has 0 saturated carbocycles. The number of para-hydroxylation sites is 1. The zero-order valence-corrected chi connectivity index (χ0v) is 21.3. The van der Waals surface area contributed by atoms with Crippen molar-refractivity contribution in [3.63, 3.8) is 0 Å². The summed E-state index contributed by atoms with van der Waals surface area (Å²) in [5, 5.41) is 2.54. The molecule has 1 aromatic heterocycles. The Morgan fingerprint density at radius 2 is 0.842 bits per heavy atom. The molecular formula is C37H27N. The summed E-state index contributed by atoms with van der Waals surface area (Å²) in [5.41, 5.74) is 12.3. The summed E-state index contributed by atoms with van der Waals surface area (Å²) in [7, 11) is 0. The quantitative estimate of drug-likeness (QED) is 0.234. The van der Waals surface area contributed by atoms with Crippen molar-refractivity contribution in [3.05, 3.63) is 151 Å². The molecule has 0 saturated heterocycles. The summed E-state index contributed by atoms with van der Waals surface area (Å²) >= 11 is 0. The van der Waals surface area contributed by atoms with Crippen LogP contribution in [0.4, 0.5) is 0 Å². The van der Waals surface area contributed by atoms with Gasteiger partial charge in [-0.2, -0.15) is 0 Å². The van der Waals surface area contributed by atoms with Gasteiger partial charge in [-0.15, -0.1) is 0 Å². The highest BCUT2D eigenvalue weighted by Gasteiger charge is 2.13. The number of aromatic nitrogens is 1. The Bertz CT molecular complexity index is 1870. The maximum Gasteiger partial charge on any atom is 0.0541 e. The Morgan fingerprint density at radius 3 is 1.53 bits per heavy atom. The van der Waals surface area contributed by atoms with E-state index in [2.05, 4.69) is 157 Å². The maximum atomic E-state index is 2.38. The number of hydrogen-bond acceptors (Lipinski definition) is 0. The minimum absolute atomic E-state index is 1.17. The van der Waals surface area contributed by atoms with Crippen LogP contribution in [0.2, 0.25) is 0 Å². The van der Waals surface area contributed by atoms with Crippen LogP contribution in [0.15, 0.2) is 146 Å². The standard InChI is InChI=1S/C37H27N/c1-26-11-13-28(14-12-26)29-15-17-31(18-16-29)32-21-24-37-35(25-32)34-9-5-6-10-36(34)38(37)33-22-19-30(20-23-33)27-7-3-2-4-8-27/h2-25H,1H3. The van der Waals surface area contributed by atoms with Gasteiger partial charge in [-0.25, -0.2) is 0 Å². The fourth-order valence-electron chi connectivity index (χ4n) is 5.47. The minimum Gasteiger partial charge on any atom is -0.309 e. The Kier molecular flexibility index (Phi) is 5.41. The molecule has 1 nitrogen and oxygen atoms in total. The molecule has 7 rings (SSSR count). The first-order valence-electron chi connectivity index (χ1n) is 13.1. The molecule has 1 heterocycles. The summed E-state index contributed by atoms with van der Waals surface area (Å²) in [5.74, 6) is 0. The van der Waals surface area contributed by atoms with Gasteiger partial charge in [0.2, 0.25) is 0 Å². The molecule has 0 spiro atoms. The smallest absolute Gasteiger partial charge is 0.0541 e. The number of fused-ring (bicyclic) bond motifs is 3. The van der Waals surface area contributed by atoms with Gasteiger partial charge in [-0.05, 0) is 70.6 Å². The molecule has 38 heavy (non-hydrogen) atoms. The van der Waals surface area contributed by atoms with Gasteiger partial charge in [-0.3, -0.25) is 0 Å². The van der Waals surface area contributed by atoms with Crippen molar-refractivity contribution in [2.45, 2.75) is 6.92 Å². The molecule has 0 aliphatic heterocycles. The number of nitrogens with zero attached hydrogens (tertiary/aromatic N) is 1. The van der Waals surface area contributed by atoms with Crippen molar-refractivity contribution < 1.29 is 0 Å². The highest BCUT2D eigenvalue weighted by Crippen LogP contribution is 2.36. The monoisotopic (exact) mass is 485 g/mol. The molecule has 0 atom stereocenters. The normalized spacial score (nSPS) is 11.3. The van der Waals surface area contributed by atoms with Gasteiger partial charge in [0.25, 0.3) is 0 Å². The molecule has 0 aliphatic carbocycles. The second kappa shape index (κ2) is 9.21. The molecule has 6 aromatic carbocycles. The van der Waals surface area contributed by atoms with Crippen LogP contribution in [0.25, 0.3) is 60.9 Å². The number of aryl methyl sites for hydroxylation is 1. The van der Waals surface area contributed by atoms with Gasteiger partial charge in [0, 0.05) is 16.5 Å². The zero-order valence-electron chi connectivity index (χ0n) is 21.3. The topological polar surface area (TPSA) is 4.93 Å². The number of hydrogen-bond donors (Lipinski definition) is 0. The van der Waals surface area contributed by atoms with E-state index in [0.717, 1.165) is 0 Å². The van der Waals surface area contributed by atoms with E-state index in [9.17, 15) is 0 Å². The van der Waals surface area contributed by atoms with Crippen molar-refractivity contribution >= 4 is 21.8 Å². The van der Waals surface area contributed by atoms with Crippen LogP contribution in [0.1, 0.15) is 5.56 Å². The van der Waals surface area contributed by atoms with Crippen LogP contribution < -0.4 is 0 Å². The van der Waals surface area contributed by atoms with E-state index >= 15 is 0 Å². The summed E-state index contributed by atoms with van der Waals surface area (Å²) in [6.07, 6.45) is 0. The van der Waals surface area contributed by atoms with Crippen LogP contribution in [-0.2, 0) is 0 Å². The summed E-state index contributed by atoms with van der Waals surface area (Å²) < 4.78 is 2.38. The van der Waals surface area contributed by atoms with Gasteiger partial charge < -0.3 is 4.57 Å². The molecule has 0 N–H and O–H groups in total. The molecule has 0 aliphatic rings. The molecule has 0 amide bonds. The first-order valence-corrected chi connectivity index (χ1v) is 13.1. The lowest BCUT2D eigenvalue weighted by Gasteiger charge is -2.10. The average molecular weight is 486 g/mol. The second-order valence-corrected chi connectivity index (χ2v) is 9.94. The lowest BCUT2D eigenvalue weighted by molar-refractivity contribution is 1.18. The van der Waals surface area contributed by atoms with Crippen LogP contribution in [0.5, 0.6) is 0 Å². The fraction of sp³-hybridized carbons (Fsp3) is 0.0270. The Morgan fingerprint density at radius 1 is 0.368 bits per heavy atom. The van der Waals surface area contributed by atoms with Crippen molar-refractivity contribution in [3.8, 4) is 39.1 Å². The predicted molar refractivity (Wildman–Crippen MR) is 162 cm³/mol. The molecule has 0 radical (unpaired) electrons. The van der Waals surface area contributed by atoms with Crippen LogP contribution in [0, 0.1) is 6.92 Å². The minimum atomic E-state index is 1.17. The van der Waals surface area contributed by atoms with Gasteiger partial charge in [-0.1, -0.05) is 121 Å². The Balaban J connectivity index is 1.30. The van der Waals surface area contributed by atoms with Crippen LogP contribution in [0.3, 0.4) is 0 Å². The van der Waals surface area contributed by atoms with Crippen molar-refractivity contribution in [2.75, 3.05) is 0 Å². The molecule has 0 unspecified atom stereocenters. The van der Waals surface area contributed by atoms with Gasteiger partial charge in [0.05, 0.1) is 11.0 Å². The van der Waals surface area contributed by atoms with Crippen LogP contribution >= 0.6 is 0 Å². The van der Waals surface area contributed by atoms with E-state index in [4.69, 9.17) is 0 Å². The van der Waals surface area contributed by atoms with E-state index in [-0.39, 0.29) is 0 Å². The van der Waals surface area contributed by atoms with Crippen molar-refractivity contribution in [1.29, 1.82) is 0 Å². The summed E-state index contributed by atoms with van der Waals surface area (Å²) in [6, 6.07) is 52.6. The first kappa shape index (κ1) is 22.3. The third kappa shape index (κ3) is 3.90. The SMILES string of the molecule is Cc1ccc(-c2ccc(-c3ccc4c(c3)c3ccccc3n4-c3ccc(-c4ccccc4)cc3)cc2)cc1. The molecule has 180 valence electrons. The molecule has 0 fully saturated rings. The third-order valence-electron chi connectivity index (χ3n) is 7.51. The highest BCUT2D eigenvalue weighted by molar-refractivity contribution is 6.10.